The molecular formula is C32H19N3. The molecule has 0 amide bonds. The first-order chi connectivity index (χ1) is 17.3. The Hall–Kier alpha value is -5.12. The molecule has 0 fully saturated rings. The van der Waals surface area contributed by atoms with Crippen molar-refractivity contribution < 1.29 is 0 Å². The average molecular weight is 446 g/mol. The third-order valence-corrected chi connectivity index (χ3v) is 6.45. The molecule has 0 aliphatic heterocycles. The van der Waals surface area contributed by atoms with Crippen LogP contribution in [0.3, 0.4) is 0 Å². The normalized spacial score (nSPS) is 10.8. The lowest BCUT2D eigenvalue weighted by atomic mass is 9.94. The summed E-state index contributed by atoms with van der Waals surface area (Å²) in [5.41, 5.74) is 8.46. The van der Waals surface area contributed by atoms with E-state index in [1.54, 1.807) is 0 Å². The van der Waals surface area contributed by atoms with Gasteiger partial charge in [0, 0.05) is 21.9 Å². The minimum Gasteiger partial charge on any atom is -0.308 e. The number of hydrogen-bond acceptors (Lipinski definition) is 2. The number of hydrogen-bond donors (Lipinski definition) is 0. The van der Waals surface area contributed by atoms with E-state index in [1.165, 1.54) is 10.8 Å². The van der Waals surface area contributed by atoms with Crippen LogP contribution in [0.5, 0.6) is 0 Å². The number of nitrogens with zero attached hydrogens (tertiary/aromatic N) is 3. The third kappa shape index (κ3) is 3.35. The molecular weight excluding hydrogens is 426 g/mol. The van der Waals surface area contributed by atoms with Gasteiger partial charge < -0.3 is 4.57 Å². The zero-order chi connectivity index (χ0) is 23.8. The Labute approximate surface area is 203 Å². The first kappa shape index (κ1) is 20.5. The average Bonchev–Trinajstić information content (AvgIpc) is 3.27. The van der Waals surface area contributed by atoms with Gasteiger partial charge in [-0.05, 0) is 47.5 Å². The summed E-state index contributed by atoms with van der Waals surface area (Å²) >= 11 is 0. The molecule has 162 valence electrons. The molecule has 0 saturated carbocycles. The minimum atomic E-state index is 0.618. The van der Waals surface area contributed by atoms with E-state index in [1.807, 2.05) is 54.6 Å². The fraction of sp³-hybridized carbons (Fsp3) is 0. The molecule has 3 heteroatoms. The maximum Gasteiger partial charge on any atom is 0.0991 e. The smallest absolute Gasteiger partial charge is 0.0991 e. The first-order valence-corrected chi connectivity index (χ1v) is 11.4. The molecule has 0 aliphatic carbocycles. The number of fused-ring (bicyclic) bond motifs is 3. The van der Waals surface area contributed by atoms with E-state index in [0.717, 1.165) is 39.0 Å². The third-order valence-electron chi connectivity index (χ3n) is 6.45. The van der Waals surface area contributed by atoms with Crippen molar-refractivity contribution >= 4 is 21.8 Å². The summed E-state index contributed by atoms with van der Waals surface area (Å²) < 4.78 is 2.31. The highest BCUT2D eigenvalue weighted by molar-refractivity contribution is 6.10. The predicted octanol–water partition coefficient (Wildman–Crippen LogP) is 7.86. The molecule has 35 heavy (non-hydrogen) atoms. The summed E-state index contributed by atoms with van der Waals surface area (Å²) in [6.45, 7) is 0. The molecule has 1 aromatic heterocycles. The first-order valence-electron chi connectivity index (χ1n) is 11.4. The van der Waals surface area contributed by atoms with Crippen molar-refractivity contribution in [3.8, 4) is 40.1 Å². The fourth-order valence-corrected chi connectivity index (χ4v) is 4.93. The van der Waals surface area contributed by atoms with Crippen LogP contribution in [0.1, 0.15) is 11.1 Å². The van der Waals surface area contributed by atoms with Crippen molar-refractivity contribution in [2.24, 2.45) is 0 Å². The second kappa shape index (κ2) is 8.34. The van der Waals surface area contributed by atoms with Crippen LogP contribution in [0.25, 0.3) is 49.7 Å². The minimum absolute atomic E-state index is 0.618. The summed E-state index contributed by atoms with van der Waals surface area (Å²) in [5.74, 6) is 0. The van der Waals surface area contributed by atoms with Gasteiger partial charge in [0.05, 0.1) is 40.0 Å². The fourth-order valence-electron chi connectivity index (χ4n) is 4.93. The quantitative estimate of drug-likeness (QED) is 0.278. The van der Waals surface area contributed by atoms with Crippen LogP contribution in [0, 0.1) is 22.7 Å². The van der Waals surface area contributed by atoms with E-state index in [2.05, 4.69) is 77.4 Å². The molecule has 0 spiro atoms. The van der Waals surface area contributed by atoms with Crippen LogP contribution in [0.2, 0.25) is 0 Å². The SMILES string of the molecule is N#Cc1cccc(-c2cccc(-c3cccc(C#N)c3)c2-n2c3ccccc3c3ccccc32)c1. The van der Waals surface area contributed by atoms with Crippen LogP contribution in [-0.4, -0.2) is 4.57 Å². The van der Waals surface area contributed by atoms with Gasteiger partial charge >= 0.3 is 0 Å². The Morgan fingerprint density at radius 2 is 0.943 bits per heavy atom. The van der Waals surface area contributed by atoms with Gasteiger partial charge in [0.15, 0.2) is 0 Å². The Morgan fingerprint density at radius 3 is 1.43 bits per heavy atom. The van der Waals surface area contributed by atoms with E-state index < -0.39 is 0 Å². The molecule has 6 aromatic rings. The van der Waals surface area contributed by atoms with Gasteiger partial charge in [0.25, 0.3) is 0 Å². The Kier molecular flexibility index (Phi) is 4.88. The van der Waals surface area contributed by atoms with E-state index in [0.29, 0.717) is 11.1 Å². The van der Waals surface area contributed by atoms with Crippen molar-refractivity contribution in [1.29, 1.82) is 10.5 Å². The zero-order valence-corrected chi connectivity index (χ0v) is 18.8. The topological polar surface area (TPSA) is 52.5 Å². The van der Waals surface area contributed by atoms with Crippen LogP contribution in [-0.2, 0) is 0 Å². The zero-order valence-electron chi connectivity index (χ0n) is 18.8. The van der Waals surface area contributed by atoms with E-state index >= 15 is 0 Å². The Morgan fingerprint density at radius 1 is 0.486 bits per heavy atom. The number of aromatic nitrogens is 1. The molecule has 0 atom stereocenters. The predicted molar refractivity (Wildman–Crippen MR) is 141 cm³/mol. The highest BCUT2D eigenvalue weighted by atomic mass is 15.0. The number of benzene rings is 5. The molecule has 5 aromatic carbocycles. The molecule has 0 N–H and O–H groups in total. The maximum absolute atomic E-state index is 9.55. The summed E-state index contributed by atoms with van der Waals surface area (Å²) in [5, 5.41) is 21.5. The largest absolute Gasteiger partial charge is 0.308 e. The maximum atomic E-state index is 9.55. The lowest BCUT2D eigenvalue weighted by Crippen LogP contribution is -2.01. The number of nitriles is 2. The highest BCUT2D eigenvalue weighted by Gasteiger charge is 2.19. The van der Waals surface area contributed by atoms with Crippen LogP contribution >= 0.6 is 0 Å². The van der Waals surface area contributed by atoms with E-state index in [-0.39, 0.29) is 0 Å². The van der Waals surface area contributed by atoms with Gasteiger partial charge in [-0.15, -0.1) is 0 Å². The van der Waals surface area contributed by atoms with Crippen LogP contribution in [0.4, 0.5) is 0 Å². The lowest BCUT2D eigenvalue weighted by Gasteiger charge is -2.19. The van der Waals surface area contributed by atoms with E-state index in [4.69, 9.17) is 0 Å². The lowest BCUT2D eigenvalue weighted by molar-refractivity contribution is 1.18. The molecule has 6 rings (SSSR count). The molecule has 0 saturated heterocycles. The summed E-state index contributed by atoms with van der Waals surface area (Å²) in [7, 11) is 0. The van der Waals surface area contributed by atoms with Gasteiger partial charge in [0.1, 0.15) is 0 Å². The monoisotopic (exact) mass is 445 g/mol. The Bertz CT molecular complexity index is 1700. The molecule has 0 unspecified atom stereocenters. The molecule has 0 bridgehead atoms. The molecule has 1 heterocycles. The summed E-state index contributed by atoms with van der Waals surface area (Å²) in [6, 6.07) is 43.1. The molecule has 0 radical (unpaired) electrons. The number of rotatable bonds is 3. The second-order valence-corrected chi connectivity index (χ2v) is 8.46. The molecule has 0 aliphatic rings. The van der Waals surface area contributed by atoms with Gasteiger partial charge in [-0.1, -0.05) is 78.9 Å². The summed E-state index contributed by atoms with van der Waals surface area (Å²) in [4.78, 5) is 0. The van der Waals surface area contributed by atoms with Crippen LogP contribution < -0.4 is 0 Å². The second-order valence-electron chi connectivity index (χ2n) is 8.46. The van der Waals surface area contributed by atoms with Gasteiger partial charge in [-0.3, -0.25) is 0 Å². The molecule has 3 nitrogen and oxygen atoms in total. The van der Waals surface area contributed by atoms with Crippen molar-refractivity contribution in [1.82, 2.24) is 4.57 Å². The highest BCUT2D eigenvalue weighted by Crippen LogP contribution is 2.41. The van der Waals surface area contributed by atoms with Crippen molar-refractivity contribution in [2.45, 2.75) is 0 Å². The standard InChI is InChI=1S/C32H19N3/c33-20-22-8-5-10-24(18-22)26-14-7-15-27(25-11-6-9-23(19-25)21-34)32(26)35-30-16-3-1-12-28(30)29-13-2-4-17-31(29)35/h1-19H. The van der Waals surface area contributed by atoms with Crippen molar-refractivity contribution in [3.63, 3.8) is 0 Å². The van der Waals surface area contributed by atoms with Crippen molar-refractivity contribution in [2.75, 3.05) is 0 Å². The van der Waals surface area contributed by atoms with Gasteiger partial charge in [-0.2, -0.15) is 10.5 Å². The van der Waals surface area contributed by atoms with Gasteiger partial charge in [-0.25, -0.2) is 0 Å². The number of para-hydroxylation sites is 3. The Balaban J connectivity index is 1.79. The van der Waals surface area contributed by atoms with E-state index in [9.17, 15) is 10.5 Å². The summed E-state index contributed by atoms with van der Waals surface area (Å²) in [6.07, 6.45) is 0. The van der Waals surface area contributed by atoms with Crippen LogP contribution in [0.15, 0.2) is 115 Å². The van der Waals surface area contributed by atoms with Gasteiger partial charge in [0.2, 0.25) is 0 Å². The van der Waals surface area contributed by atoms with Crippen molar-refractivity contribution in [3.05, 3.63) is 126 Å².